The molecule has 1 nitrogen and oxygen atoms in total. The van der Waals surface area contributed by atoms with Crippen LogP contribution in [-0.2, 0) is 6.42 Å². The van der Waals surface area contributed by atoms with Gasteiger partial charge in [-0.05, 0) is 29.7 Å². The number of benzene rings is 2. The highest BCUT2D eigenvalue weighted by Crippen LogP contribution is 2.12. The number of rotatable bonds is 2. The molecule has 0 aliphatic carbocycles. The summed E-state index contributed by atoms with van der Waals surface area (Å²) in [5.74, 6) is 0. The first-order chi connectivity index (χ1) is 7.40. The molecule has 0 N–H and O–H groups in total. The third-order valence-electron chi connectivity index (χ3n) is 2.29. The molecule has 0 saturated carbocycles. The van der Waals surface area contributed by atoms with Gasteiger partial charge in [-0.3, -0.25) is 0 Å². The zero-order valence-corrected chi connectivity index (χ0v) is 8.27. The lowest BCUT2D eigenvalue weighted by molar-refractivity contribution is 1.17. The predicted molar refractivity (Wildman–Crippen MR) is 59.2 cm³/mol. The Morgan fingerprint density at radius 2 is 1.87 bits per heavy atom. The van der Waals surface area contributed by atoms with Gasteiger partial charge < -0.3 is 0 Å². The van der Waals surface area contributed by atoms with Crippen LogP contribution in [0.5, 0.6) is 0 Å². The first kappa shape index (κ1) is 9.48. The number of hydrogen-bond acceptors (Lipinski definition) is 1. The van der Waals surface area contributed by atoms with E-state index in [0.29, 0.717) is 5.56 Å². The fourth-order valence-electron chi connectivity index (χ4n) is 1.52. The maximum absolute atomic E-state index is 8.93. The lowest BCUT2D eigenvalue weighted by Crippen LogP contribution is -1.91. The average Bonchev–Trinajstić information content (AvgIpc) is 2.31. The minimum absolute atomic E-state index is 0.710. The fraction of sp³-hybridized carbons (Fsp3) is 0.0714. The molecule has 15 heavy (non-hydrogen) atoms. The van der Waals surface area contributed by atoms with Crippen molar-refractivity contribution in [2.45, 2.75) is 6.42 Å². The van der Waals surface area contributed by atoms with Crippen molar-refractivity contribution < 1.29 is 0 Å². The summed E-state index contributed by atoms with van der Waals surface area (Å²) >= 11 is 0. The van der Waals surface area contributed by atoms with Gasteiger partial charge in [0.15, 0.2) is 0 Å². The van der Waals surface area contributed by atoms with Crippen LogP contribution in [0.15, 0.2) is 48.5 Å². The molecule has 0 aliphatic rings. The van der Waals surface area contributed by atoms with Gasteiger partial charge in [-0.1, -0.05) is 42.5 Å². The van der Waals surface area contributed by atoms with Gasteiger partial charge in [-0.2, -0.15) is 5.26 Å². The van der Waals surface area contributed by atoms with E-state index in [-0.39, 0.29) is 0 Å². The molecule has 1 heteroatoms. The monoisotopic (exact) mass is 192 g/mol. The molecule has 0 aliphatic heterocycles. The molecule has 0 aromatic heterocycles. The largest absolute Gasteiger partial charge is 0.192 e. The standard InChI is InChI=1S/C14H10N/c15-11-14-9-5-4-8-13(14)10-12-6-2-1-3-7-12/h1-7,9H,10H2. The quantitative estimate of drug-likeness (QED) is 0.717. The summed E-state index contributed by atoms with van der Waals surface area (Å²) in [4.78, 5) is 0. The summed E-state index contributed by atoms with van der Waals surface area (Å²) in [5.41, 5.74) is 2.88. The molecule has 0 heterocycles. The van der Waals surface area contributed by atoms with Crippen LogP contribution in [0, 0.1) is 17.4 Å². The van der Waals surface area contributed by atoms with Crippen LogP contribution >= 0.6 is 0 Å². The lowest BCUT2D eigenvalue weighted by Gasteiger charge is -2.02. The smallest absolute Gasteiger partial charge is 0.0994 e. The second-order valence-electron chi connectivity index (χ2n) is 3.34. The fourth-order valence-corrected chi connectivity index (χ4v) is 1.52. The van der Waals surface area contributed by atoms with Gasteiger partial charge in [0.2, 0.25) is 0 Å². The van der Waals surface area contributed by atoms with Gasteiger partial charge in [-0.15, -0.1) is 0 Å². The van der Waals surface area contributed by atoms with Crippen molar-refractivity contribution in [3.8, 4) is 6.07 Å². The zero-order valence-electron chi connectivity index (χ0n) is 8.27. The Bertz CT molecular complexity index is 480. The van der Waals surface area contributed by atoms with E-state index < -0.39 is 0 Å². The van der Waals surface area contributed by atoms with Crippen LogP contribution in [0.25, 0.3) is 0 Å². The molecule has 1 radical (unpaired) electrons. The van der Waals surface area contributed by atoms with Crippen molar-refractivity contribution in [2.75, 3.05) is 0 Å². The maximum atomic E-state index is 8.93. The van der Waals surface area contributed by atoms with E-state index in [9.17, 15) is 0 Å². The molecule has 0 spiro atoms. The van der Waals surface area contributed by atoms with E-state index in [1.54, 1.807) is 0 Å². The minimum atomic E-state index is 0.710. The van der Waals surface area contributed by atoms with E-state index in [0.717, 1.165) is 12.0 Å². The van der Waals surface area contributed by atoms with Gasteiger partial charge in [-0.25, -0.2) is 0 Å². The van der Waals surface area contributed by atoms with Gasteiger partial charge in [0.25, 0.3) is 0 Å². The highest BCUT2D eigenvalue weighted by Gasteiger charge is 2.01. The van der Waals surface area contributed by atoms with E-state index in [1.165, 1.54) is 5.56 Å². The van der Waals surface area contributed by atoms with Crippen molar-refractivity contribution in [1.82, 2.24) is 0 Å². The van der Waals surface area contributed by atoms with Gasteiger partial charge in [0.1, 0.15) is 0 Å². The normalized spacial score (nSPS) is 9.53. The Morgan fingerprint density at radius 1 is 1.07 bits per heavy atom. The van der Waals surface area contributed by atoms with Crippen LogP contribution in [0.4, 0.5) is 0 Å². The van der Waals surface area contributed by atoms with Gasteiger partial charge >= 0.3 is 0 Å². The van der Waals surface area contributed by atoms with Crippen molar-refractivity contribution in [2.24, 2.45) is 0 Å². The summed E-state index contributed by atoms with van der Waals surface area (Å²) in [5, 5.41) is 8.93. The third kappa shape index (κ3) is 2.24. The summed E-state index contributed by atoms with van der Waals surface area (Å²) in [6, 6.07) is 20.9. The predicted octanol–water partition coefficient (Wildman–Crippen LogP) is 2.95. The maximum Gasteiger partial charge on any atom is 0.0994 e. The molecule has 0 amide bonds. The first-order valence-corrected chi connectivity index (χ1v) is 4.84. The Hall–Kier alpha value is -2.07. The molecular formula is C14H10N. The van der Waals surface area contributed by atoms with E-state index in [2.05, 4.69) is 24.3 Å². The molecule has 2 aromatic rings. The highest BCUT2D eigenvalue weighted by atomic mass is 14.2. The number of hydrogen-bond donors (Lipinski definition) is 0. The summed E-state index contributed by atoms with van der Waals surface area (Å²) in [6.07, 6.45) is 0.768. The molecule has 71 valence electrons. The average molecular weight is 192 g/mol. The second kappa shape index (κ2) is 4.43. The molecule has 0 saturated heterocycles. The molecule has 2 rings (SSSR count). The molecular weight excluding hydrogens is 182 g/mol. The number of nitrogens with zero attached hydrogens (tertiary/aromatic N) is 1. The van der Waals surface area contributed by atoms with E-state index in [4.69, 9.17) is 5.26 Å². The zero-order chi connectivity index (χ0) is 10.5. The summed E-state index contributed by atoms with van der Waals surface area (Å²) in [7, 11) is 0. The number of nitriles is 1. The van der Waals surface area contributed by atoms with Crippen LogP contribution in [-0.4, -0.2) is 0 Å². The Morgan fingerprint density at radius 3 is 2.60 bits per heavy atom. The molecule has 0 fully saturated rings. The second-order valence-corrected chi connectivity index (χ2v) is 3.34. The summed E-state index contributed by atoms with van der Waals surface area (Å²) < 4.78 is 0. The van der Waals surface area contributed by atoms with Gasteiger partial charge in [0.05, 0.1) is 11.6 Å². The van der Waals surface area contributed by atoms with Crippen LogP contribution < -0.4 is 0 Å². The van der Waals surface area contributed by atoms with Crippen LogP contribution in [0.2, 0.25) is 0 Å². The Kier molecular flexibility index (Phi) is 2.80. The molecule has 0 atom stereocenters. The molecule has 0 unspecified atom stereocenters. The van der Waals surface area contributed by atoms with Gasteiger partial charge in [0, 0.05) is 0 Å². The minimum Gasteiger partial charge on any atom is -0.192 e. The van der Waals surface area contributed by atoms with Crippen LogP contribution in [0.3, 0.4) is 0 Å². The van der Waals surface area contributed by atoms with Crippen molar-refractivity contribution in [1.29, 1.82) is 5.26 Å². The topological polar surface area (TPSA) is 23.8 Å². The SMILES string of the molecule is N#Cc1ccc[c]c1Cc1ccccc1. The molecule has 0 bridgehead atoms. The Labute approximate surface area is 89.6 Å². The van der Waals surface area contributed by atoms with Crippen molar-refractivity contribution in [3.05, 3.63) is 71.3 Å². The van der Waals surface area contributed by atoms with Crippen molar-refractivity contribution >= 4 is 0 Å². The molecule has 2 aromatic carbocycles. The van der Waals surface area contributed by atoms with E-state index in [1.807, 2.05) is 36.4 Å². The first-order valence-electron chi connectivity index (χ1n) is 4.84. The van der Waals surface area contributed by atoms with Crippen LogP contribution in [0.1, 0.15) is 16.7 Å². The third-order valence-corrected chi connectivity index (χ3v) is 2.29. The summed E-state index contributed by atoms with van der Waals surface area (Å²) in [6.45, 7) is 0. The Balaban J connectivity index is 2.29. The van der Waals surface area contributed by atoms with Crippen molar-refractivity contribution in [3.63, 3.8) is 0 Å². The lowest BCUT2D eigenvalue weighted by atomic mass is 10.0. The van der Waals surface area contributed by atoms with E-state index >= 15 is 0 Å². The highest BCUT2D eigenvalue weighted by molar-refractivity contribution is 5.39.